The molecule has 0 aromatic carbocycles. The second kappa shape index (κ2) is 6.38. The first-order chi connectivity index (χ1) is 6.86. The van der Waals surface area contributed by atoms with Crippen LogP contribution in [0.15, 0.2) is 24.4 Å². The Morgan fingerprint density at radius 3 is 2.64 bits per heavy atom. The van der Waals surface area contributed by atoms with E-state index in [1.54, 1.807) is 6.20 Å². The lowest BCUT2D eigenvalue weighted by Gasteiger charge is -2.17. The zero-order chi connectivity index (χ0) is 10.2. The van der Waals surface area contributed by atoms with Gasteiger partial charge in [-0.05, 0) is 19.2 Å². The fraction of sp³-hybridized carbons (Fsp3) is 0.545. The lowest BCUT2D eigenvalue weighted by atomic mass is 10.5. The Kier molecular flexibility index (Phi) is 5.00. The van der Waals surface area contributed by atoms with E-state index in [-0.39, 0.29) is 0 Å². The van der Waals surface area contributed by atoms with Crippen LogP contribution in [-0.4, -0.2) is 36.1 Å². The quantitative estimate of drug-likeness (QED) is 0.690. The molecule has 0 aliphatic carbocycles. The van der Waals surface area contributed by atoms with Crippen LogP contribution in [0.25, 0.3) is 0 Å². The van der Waals surface area contributed by atoms with Crippen LogP contribution in [-0.2, 0) is 0 Å². The van der Waals surface area contributed by atoms with Crippen LogP contribution in [0, 0.1) is 0 Å². The fourth-order valence-electron chi connectivity index (χ4n) is 1.25. The highest BCUT2D eigenvalue weighted by atomic mass is 16.5. The lowest BCUT2D eigenvalue weighted by Crippen LogP contribution is -2.27. The molecule has 0 saturated heterocycles. The molecule has 78 valence electrons. The molecule has 1 aromatic heterocycles. The van der Waals surface area contributed by atoms with Crippen molar-refractivity contribution < 1.29 is 4.74 Å². The summed E-state index contributed by atoms with van der Waals surface area (Å²) in [5.74, 6) is 0.708. The molecule has 0 unspecified atom stereocenters. The molecular weight excluding hydrogens is 176 g/mol. The molecule has 1 aromatic rings. The Bertz CT molecular complexity index is 234. The van der Waals surface area contributed by atoms with E-state index in [0.717, 1.165) is 19.6 Å². The zero-order valence-corrected chi connectivity index (χ0v) is 8.94. The summed E-state index contributed by atoms with van der Waals surface area (Å²) in [6.45, 7) is 8.13. The minimum absolute atomic E-state index is 0.707. The topological polar surface area (TPSA) is 25.4 Å². The maximum Gasteiger partial charge on any atom is 0.213 e. The molecule has 1 rings (SSSR count). The van der Waals surface area contributed by atoms with Gasteiger partial charge in [0.15, 0.2) is 0 Å². The fourth-order valence-corrected chi connectivity index (χ4v) is 1.25. The highest BCUT2D eigenvalue weighted by Crippen LogP contribution is 2.02. The number of ether oxygens (including phenoxy) is 1. The lowest BCUT2D eigenvalue weighted by molar-refractivity contribution is 0.218. The summed E-state index contributed by atoms with van der Waals surface area (Å²) in [4.78, 5) is 6.41. The predicted molar refractivity (Wildman–Crippen MR) is 57.5 cm³/mol. The molecular formula is C11H18N2O. The van der Waals surface area contributed by atoms with Gasteiger partial charge >= 0.3 is 0 Å². The normalized spacial score (nSPS) is 10.5. The van der Waals surface area contributed by atoms with Crippen LogP contribution in [0.1, 0.15) is 13.8 Å². The first-order valence-corrected chi connectivity index (χ1v) is 5.13. The molecule has 0 aliphatic heterocycles. The van der Waals surface area contributed by atoms with Gasteiger partial charge in [-0.25, -0.2) is 4.98 Å². The van der Waals surface area contributed by atoms with E-state index >= 15 is 0 Å². The first-order valence-electron chi connectivity index (χ1n) is 5.13. The summed E-state index contributed by atoms with van der Waals surface area (Å²) < 4.78 is 5.49. The third-order valence-corrected chi connectivity index (χ3v) is 2.19. The van der Waals surface area contributed by atoms with Crippen molar-refractivity contribution in [1.82, 2.24) is 9.88 Å². The van der Waals surface area contributed by atoms with Crippen LogP contribution in [0.5, 0.6) is 5.88 Å². The first kappa shape index (κ1) is 11.0. The number of rotatable bonds is 6. The van der Waals surface area contributed by atoms with Gasteiger partial charge in [0.05, 0.1) is 0 Å². The van der Waals surface area contributed by atoms with Crippen molar-refractivity contribution in [3.05, 3.63) is 24.4 Å². The van der Waals surface area contributed by atoms with Crippen molar-refractivity contribution in [3.8, 4) is 5.88 Å². The number of hydrogen-bond acceptors (Lipinski definition) is 3. The molecule has 0 aliphatic rings. The third-order valence-electron chi connectivity index (χ3n) is 2.19. The summed E-state index contributed by atoms with van der Waals surface area (Å²) in [5, 5.41) is 0. The number of nitrogens with zero attached hydrogens (tertiary/aromatic N) is 2. The second-order valence-electron chi connectivity index (χ2n) is 3.04. The average molecular weight is 194 g/mol. The Hall–Kier alpha value is -1.09. The molecule has 0 atom stereocenters. The van der Waals surface area contributed by atoms with Crippen molar-refractivity contribution in [3.63, 3.8) is 0 Å². The summed E-state index contributed by atoms with van der Waals surface area (Å²) in [6.07, 6.45) is 1.74. The van der Waals surface area contributed by atoms with Gasteiger partial charge in [0.2, 0.25) is 5.88 Å². The van der Waals surface area contributed by atoms with E-state index in [2.05, 4.69) is 23.7 Å². The molecule has 3 nitrogen and oxygen atoms in total. The van der Waals surface area contributed by atoms with Crippen LogP contribution in [0.2, 0.25) is 0 Å². The predicted octanol–water partition coefficient (Wildman–Crippen LogP) is 1.80. The standard InChI is InChI=1S/C11H18N2O/c1-3-13(4-2)9-10-14-11-7-5-6-8-12-11/h5-8H,3-4,9-10H2,1-2H3. The van der Waals surface area contributed by atoms with Crippen LogP contribution >= 0.6 is 0 Å². The van der Waals surface area contributed by atoms with Gasteiger partial charge in [-0.2, -0.15) is 0 Å². The molecule has 0 spiro atoms. The minimum atomic E-state index is 0.707. The monoisotopic (exact) mass is 194 g/mol. The van der Waals surface area contributed by atoms with Crippen molar-refractivity contribution in [2.75, 3.05) is 26.2 Å². The van der Waals surface area contributed by atoms with Gasteiger partial charge in [0.25, 0.3) is 0 Å². The Balaban J connectivity index is 2.21. The van der Waals surface area contributed by atoms with Crippen molar-refractivity contribution in [2.45, 2.75) is 13.8 Å². The molecule has 0 saturated carbocycles. The van der Waals surface area contributed by atoms with Crippen molar-refractivity contribution in [1.29, 1.82) is 0 Å². The zero-order valence-electron chi connectivity index (χ0n) is 8.94. The SMILES string of the molecule is CCN(CC)CCOc1ccccn1. The van der Waals surface area contributed by atoms with E-state index in [9.17, 15) is 0 Å². The highest BCUT2D eigenvalue weighted by molar-refractivity contribution is 5.08. The number of aromatic nitrogens is 1. The Morgan fingerprint density at radius 1 is 1.29 bits per heavy atom. The number of likely N-dealkylation sites (N-methyl/N-ethyl adjacent to an activating group) is 1. The summed E-state index contributed by atoms with van der Waals surface area (Å²) in [5.41, 5.74) is 0. The van der Waals surface area contributed by atoms with Gasteiger partial charge in [-0.15, -0.1) is 0 Å². The van der Waals surface area contributed by atoms with Crippen LogP contribution in [0.4, 0.5) is 0 Å². The minimum Gasteiger partial charge on any atom is -0.476 e. The Labute approximate surface area is 85.7 Å². The molecule has 0 N–H and O–H groups in total. The van der Waals surface area contributed by atoms with Crippen LogP contribution < -0.4 is 4.74 Å². The maximum absolute atomic E-state index is 5.49. The second-order valence-corrected chi connectivity index (χ2v) is 3.04. The Morgan fingerprint density at radius 2 is 2.07 bits per heavy atom. The molecule has 1 heterocycles. The van der Waals surface area contributed by atoms with Gasteiger partial charge in [0, 0.05) is 18.8 Å². The van der Waals surface area contributed by atoms with E-state index in [4.69, 9.17) is 4.74 Å². The van der Waals surface area contributed by atoms with E-state index in [0.29, 0.717) is 12.5 Å². The summed E-state index contributed by atoms with van der Waals surface area (Å²) >= 11 is 0. The largest absolute Gasteiger partial charge is 0.476 e. The third kappa shape index (κ3) is 3.75. The number of hydrogen-bond donors (Lipinski definition) is 0. The molecule has 0 fully saturated rings. The van der Waals surface area contributed by atoms with Gasteiger partial charge in [-0.3, -0.25) is 0 Å². The van der Waals surface area contributed by atoms with Gasteiger partial charge in [0.1, 0.15) is 6.61 Å². The molecule has 0 radical (unpaired) electrons. The van der Waals surface area contributed by atoms with E-state index in [1.165, 1.54) is 0 Å². The van der Waals surface area contributed by atoms with Gasteiger partial charge in [-0.1, -0.05) is 19.9 Å². The highest BCUT2D eigenvalue weighted by Gasteiger charge is 1.99. The van der Waals surface area contributed by atoms with Crippen molar-refractivity contribution >= 4 is 0 Å². The molecule has 14 heavy (non-hydrogen) atoms. The average Bonchev–Trinajstić information content (AvgIpc) is 2.26. The maximum atomic E-state index is 5.49. The molecule has 0 amide bonds. The summed E-state index contributed by atoms with van der Waals surface area (Å²) in [6, 6.07) is 5.69. The van der Waals surface area contributed by atoms with Crippen LogP contribution in [0.3, 0.4) is 0 Å². The van der Waals surface area contributed by atoms with Gasteiger partial charge < -0.3 is 9.64 Å². The molecule has 0 bridgehead atoms. The summed E-state index contributed by atoms with van der Waals surface area (Å²) in [7, 11) is 0. The smallest absolute Gasteiger partial charge is 0.213 e. The van der Waals surface area contributed by atoms with E-state index in [1.807, 2.05) is 18.2 Å². The van der Waals surface area contributed by atoms with Crippen molar-refractivity contribution in [2.24, 2.45) is 0 Å². The molecule has 3 heteroatoms. The van der Waals surface area contributed by atoms with E-state index < -0.39 is 0 Å². The number of pyridine rings is 1.